The van der Waals surface area contributed by atoms with Crippen LogP contribution in [-0.4, -0.2) is 68.1 Å². The number of hydrogen-bond donors (Lipinski definition) is 1. The van der Waals surface area contributed by atoms with Crippen molar-refractivity contribution in [2.24, 2.45) is 0 Å². The summed E-state index contributed by atoms with van der Waals surface area (Å²) in [6.45, 7) is 2.60. The van der Waals surface area contributed by atoms with Gasteiger partial charge < -0.3 is 15.0 Å². The van der Waals surface area contributed by atoms with Crippen LogP contribution in [0.5, 0.6) is 0 Å². The minimum absolute atomic E-state index is 0.00613. The summed E-state index contributed by atoms with van der Waals surface area (Å²) in [6, 6.07) is 9.66. The van der Waals surface area contributed by atoms with E-state index in [9.17, 15) is 9.59 Å². The van der Waals surface area contributed by atoms with Crippen LogP contribution in [-0.2, 0) is 20.9 Å². The number of carbonyl (C=O) groups excluding carboxylic acids is 2. The molecule has 2 amide bonds. The highest BCUT2D eigenvalue weighted by atomic mass is 16.5. The van der Waals surface area contributed by atoms with E-state index in [0.717, 1.165) is 13.1 Å². The van der Waals surface area contributed by atoms with E-state index < -0.39 is 6.04 Å². The van der Waals surface area contributed by atoms with E-state index >= 15 is 0 Å². The van der Waals surface area contributed by atoms with Crippen LogP contribution < -0.4 is 5.32 Å². The van der Waals surface area contributed by atoms with Gasteiger partial charge in [-0.15, -0.1) is 0 Å². The van der Waals surface area contributed by atoms with Gasteiger partial charge >= 0.3 is 0 Å². The number of rotatable bonds is 5. The molecular weight excluding hydrogens is 282 g/mol. The zero-order chi connectivity index (χ0) is 15.9. The fraction of sp³-hybridized carbons (Fsp3) is 0.500. The van der Waals surface area contributed by atoms with E-state index in [1.54, 1.807) is 11.9 Å². The summed E-state index contributed by atoms with van der Waals surface area (Å²) in [5, 5.41) is 2.65. The van der Waals surface area contributed by atoms with Gasteiger partial charge in [0.15, 0.2) is 0 Å². The van der Waals surface area contributed by atoms with Crippen molar-refractivity contribution in [3.63, 3.8) is 0 Å². The summed E-state index contributed by atoms with van der Waals surface area (Å²) in [5.74, 6) is -0.280. The summed E-state index contributed by atoms with van der Waals surface area (Å²) >= 11 is 0. The molecule has 0 saturated carbocycles. The number of ether oxygens (including phenoxy) is 1. The fourth-order valence-electron chi connectivity index (χ4n) is 2.72. The largest absolute Gasteiger partial charge is 0.375 e. The third-order valence-electron chi connectivity index (χ3n) is 3.85. The lowest BCUT2D eigenvalue weighted by atomic mass is 10.1. The molecule has 1 aromatic rings. The Hall–Kier alpha value is -1.92. The zero-order valence-electron chi connectivity index (χ0n) is 13.1. The van der Waals surface area contributed by atoms with Crippen molar-refractivity contribution in [1.82, 2.24) is 15.1 Å². The Labute approximate surface area is 131 Å². The average molecular weight is 305 g/mol. The standard InChI is InChI=1S/C16H23N3O3/c1-17-16(21)14-11-18(10-13-6-4-3-5-7-13)8-9-19(14)15(20)12-22-2/h3-7,14H,8-12H2,1-2H3,(H,17,21). The first kappa shape index (κ1) is 16.5. The highest BCUT2D eigenvalue weighted by Gasteiger charge is 2.34. The van der Waals surface area contributed by atoms with Crippen LogP contribution in [0.2, 0.25) is 0 Å². The lowest BCUT2D eigenvalue weighted by Gasteiger charge is -2.40. The van der Waals surface area contributed by atoms with Crippen molar-refractivity contribution in [3.8, 4) is 0 Å². The number of benzene rings is 1. The Bertz CT molecular complexity index is 507. The van der Waals surface area contributed by atoms with Crippen LogP contribution in [0.1, 0.15) is 5.56 Å². The topological polar surface area (TPSA) is 61.9 Å². The summed E-state index contributed by atoms with van der Waals surface area (Å²) in [6.07, 6.45) is 0. The summed E-state index contributed by atoms with van der Waals surface area (Å²) < 4.78 is 4.90. The molecule has 0 aliphatic carbocycles. The van der Waals surface area contributed by atoms with E-state index in [1.165, 1.54) is 12.7 Å². The molecule has 0 bridgehead atoms. The monoisotopic (exact) mass is 305 g/mol. The van der Waals surface area contributed by atoms with Crippen LogP contribution in [0.25, 0.3) is 0 Å². The molecule has 6 nitrogen and oxygen atoms in total. The van der Waals surface area contributed by atoms with Crippen molar-refractivity contribution in [2.45, 2.75) is 12.6 Å². The molecule has 1 aliphatic heterocycles. The molecule has 1 atom stereocenters. The van der Waals surface area contributed by atoms with Crippen LogP contribution in [0.3, 0.4) is 0 Å². The normalized spacial score (nSPS) is 19.0. The Morgan fingerprint density at radius 2 is 2.00 bits per heavy atom. The molecule has 0 radical (unpaired) electrons. The van der Waals surface area contributed by atoms with Crippen LogP contribution in [0.4, 0.5) is 0 Å². The second-order valence-corrected chi connectivity index (χ2v) is 5.37. The first-order valence-electron chi connectivity index (χ1n) is 7.42. The summed E-state index contributed by atoms with van der Waals surface area (Å²) in [7, 11) is 3.08. The summed E-state index contributed by atoms with van der Waals surface area (Å²) in [5.41, 5.74) is 1.20. The number of nitrogens with one attached hydrogen (secondary N) is 1. The van der Waals surface area contributed by atoms with Gasteiger partial charge in [-0.2, -0.15) is 0 Å². The average Bonchev–Trinajstić information content (AvgIpc) is 2.55. The molecular formula is C16H23N3O3. The van der Waals surface area contributed by atoms with Gasteiger partial charge in [-0.25, -0.2) is 0 Å². The Kier molecular flexibility index (Phi) is 5.91. The number of likely N-dealkylation sites (N-methyl/N-ethyl adjacent to an activating group) is 1. The summed E-state index contributed by atoms with van der Waals surface area (Å²) in [4.78, 5) is 28.0. The van der Waals surface area contributed by atoms with E-state index in [1.807, 2.05) is 18.2 Å². The minimum Gasteiger partial charge on any atom is -0.375 e. The molecule has 1 saturated heterocycles. The lowest BCUT2D eigenvalue weighted by molar-refractivity contribution is -0.146. The highest BCUT2D eigenvalue weighted by Crippen LogP contribution is 2.14. The van der Waals surface area contributed by atoms with Gasteiger partial charge in [-0.3, -0.25) is 14.5 Å². The van der Waals surface area contributed by atoms with E-state index in [0.29, 0.717) is 13.1 Å². The molecule has 1 fully saturated rings. The van der Waals surface area contributed by atoms with Crippen molar-refractivity contribution in [3.05, 3.63) is 35.9 Å². The maximum Gasteiger partial charge on any atom is 0.249 e. The Morgan fingerprint density at radius 3 is 2.64 bits per heavy atom. The second kappa shape index (κ2) is 7.91. The molecule has 1 heterocycles. The molecule has 6 heteroatoms. The lowest BCUT2D eigenvalue weighted by Crippen LogP contribution is -2.60. The zero-order valence-corrected chi connectivity index (χ0v) is 13.1. The van der Waals surface area contributed by atoms with Gasteiger partial charge in [-0.05, 0) is 5.56 Å². The quantitative estimate of drug-likeness (QED) is 0.838. The Morgan fingerprint density at radius 1 is 1.27 bits per heavy atom. The van der Waals surface area contributed by atoms with Crippen LogP contribution >= 0.6 is 0 Å². The van der Waals surface area contributed by atoms with Gasteiger partial charge in [0, 0.05) is 40.3 Å². The van der Waals surface area contributed by atoms with Crippen molar-refractivity contribution < 1.29 is 14.3 Å². The molecule has 0 spiro atoms. The van der Waals surface area contributed by atoms with E-state index in [4.69, 9.17) is 4.74 Å². The molecule has 22 heavy (non-hydrogen) atoms. The van der Waals surface area contributed by atoms with Crippen molar-refractivity contribution >= 4 is 11.8 Å². The fourth-order valence-corrected chi connectivity index (χ4v) is 2.72. The first-order chi connectivity index (χ1) is 10.7. The van der Waals surface area contributed by atoms with Gasteiger partial charge in [0.1, 0.15) is 12.6 Å². The molecule has 120 valence electrons. The van der Waals surface area contributed by atoms with Gasteiger partial charge in [0.05, 0.1) is 0 Å². The third kappa shape index (κ3) is 4.05. The predicted molar refractivity (Wildman–Crippen MR) is 83.2 cm³/mol. The maximum absolute atomic E-state index is 12.1. The number of methoxy groups -OCH3 is 1. The smallest absolute Gasteiger partial charge is 0.249 e. The molecule has 1 N–H and O–H groups in total. The van der Waals surface area contributed by atoms with Crippen molar-refractivity contribution in [1.29, 1.82) is 0 Å². The second-order valence-electron chi connectivity index (χ2n) is 5.37. The predicted octanol–water partition coefficient (Wildman–Crippen LogP) is 0.0918. The molecule has 1 aromatic carbocycles. The van der Waals surface area contributed by atoms with Crippen LogP contribution in [0.15, 0.2) is 30.3 Å². The number of piperazine rings is 1. The number of hydrogen-bond acceptors (Lipinski definition) is 4. The van der Waals surface area contributed by atoms with Crippen molar-refractivity contribution in [2.75, 3.05) is 40.4 Å². The molecule has 0 aromatic heterocycles. The number of amides is 2. The first-order valence-corrected chi connectivity index (χ1v) is 7.42. The molecule has 2 rings (SSSR count). The SMILES string of the molecule is CNC(=O)C1CN(Cc2ccccc2)CCN1C(=O)COC. The number of carbonyl (C=O) groups is 2. The number of nitrogens with zero attached hydrogens (tertiary/aromatic N) is 2. The highest BCUT2D eigenvalue weighted by molar-refractivity contribution is 5.88. The van der Waals surface area contributed by atoms with Gasteiger partial charge in [0.2, 0.25) is 11.8 Å². The molecule has 1 unspecified atom stereocenters. The maximum atomic E-state index is 12.1. The van der Waals surface area contributed by atoms with Crippen LogP contribution in [0, 0.1) is 0 Å². The van der Waals surface area contributed by atoms with E-state index in [-0.39, 0.29) is 18.4 Å². The van der Waals surface area contributed by atoms with Gasteiger partial charge in [0.25, 0.3) is 0 Å². The van der Waals surface area contributed by atoms with Gasteiger partial charge in [-0.1, -0.05) is 30.3 Å². The minimum atomic E-state index is -0.467. The Balaban J connectivity index is 2.04. The third-order valence-corrected chi connectivity index (χ3v) is 3.85. The molecule has 1 aliphatic rings. The van der Waals surface area contributed by atoms with E-state index in [2.05, 4.69) is 22.3 Å².